The van der Waals surface area contributed by atoms with Crippen molar-refractivity contribution >= 4 is 11.7 Å². The third-order valence-electron chi connectivity index (χ3n) is 2.24. The summed E-state index contributed by atoms with van der Waals surface area (Å²) in [5.74, 6) is 0.337. The molecule has 0 bridgehead atoms. The molecular formula is C9H13N5O2. The Balaban J connectivity index is 2.24. The number of fused-ring (bicyclic) bond motifs is 1. The molecule has 0 aromatic carbocycles. The van der Waals surface area contributed by atoms with Gasteiger partial charge in [-0.1, -0.05) is 0 Å². The molecule has 0 radical (unpaired) electrons. The molecule has 0 fully saturated rings. The van der Waals surface area contributed by atoms with Crippen molar-refractivity contribution in [1.29, 1.82) is 0 Å². The van der Waals surface area contributed by atoms with Crippen molar-refractivity contribution in [2.45, 2.75) is 13.0 Å². The first kappa shape index (κ1) is 10.8. The van der Waals surface area contributed by atoms with Crippen molar-refractivity contribution in [3.63, 3.8) is 0 Å². The summed E-state index contributed by atoms with van der Waals surface area (Å²) in [7, 11) is 0. The van der Waals surface area contributed by atoms with E-state index >= 15 is 0 Å². The molecule has 7 nitrogen and oxygen atoms in total. The number of hydrogen-bond donors (Lipinski definition) is 3. The van der Waals surface area contributed by atoms with Gasteiger partial charge in [-0.05, 0) is 6.92 Å². The maximum Gasteiger partial charge on any atom is 0.258 e. The number of carbonyl (C=O) groups excluding carboxylic acids is 1. The highest BCUT2D eigenvalue weighted by Gasteiger charge is 2.24. The molecule has 1 aliphatic heterocycles. The molecule has 1 aromatic heterocycles. The van der Waals surface area contributed by atoms with Crippen molar-refractivity contribution in [1.82, 2.24) is 20.7 Å². The summed E-state index contributed by atoms with van der Waals surface area (Å²) in [4.78, 5) is 19.3. The lowest BCUT2D eigenvalue weighted by Crippen LogP contribution is -2.54. The van der Waals surface area contributed by atoms with E-state index in [1.165, 1.54) is 12.5 Å². The molecule has 2 rings (SSSR count). The Hall–Kier alpha value is -1.73. The second-order valence-electron chi connectivity index (χ2n) is 3.56. The molecule has 0 aliphatic carbocycles. The zero-order chi connectivity index (χ0) is 11.5. The Bertz CT molecular complexity index is 397. The normalized spacial score (nSPS) is 16.6. The van der Waals surface area contributed by atoms with E-state index < -0.39 is 0 Å². The maximum absolute atomic E-state index is 11.5. The minimum atomic E-state index is -0.190. The van der Waals surface area contributed by atoms with Gasteiger partial charge in [0.1, 0.15) is 18.6 Å². The van der Waals surface area contributed by atoms with Crippen molar-refractivity contribution in [3.05, 3.63) is 18.1 Å². The fraction of sp³-hybridized carbons (Fsp3) is 0.444. The molecule has 86 valence electrons. The summed E-state index contributed by atoms with van der Waals surface area (Å²) < 4.78 is 0. The lowest BCUT2D eigenvalue weighted by molar-refractivity contribution is 0.0943. The number of anilines is 1. The number of hydrazine groups is 1. The fourth-order valence-corrected chi connectivity index (χ4v) is 1.43. The van der Waals surface area contributed by atoms with Gasteiger partial charge in [0.15, 0.2) is 5.82 Å². The number of aliphatic hydroxyl groups is 1. The highest BCUT2D eigenvalue weighted by atomic mass is 16.3. The quantitative estimate of drug-likeness (QED) is 0.600. The summed E-state index contributed by atoms with van der Waals surface area (Å²) >= 11 is 0. The second kappa shape index (κ2) is 4.42. The van der Waals surface area contributed by atoms with E-state index in [-0.39, 0.29) is 18.6 Å². The van der Waals surface area contributed by atoms with Crippen LogP contribution in [0.2, 0.25) is 0 Å². The van der Waals surface area contributed by atoms with Crippen molar-refractivity contribution in [3.8, 4) is 0 Å². The number of amides is 1. The average Bonchev–Trinajstić information content (AvgIpc) is 2.33. The van der Waals surface area contributed by atoms with Crippen LogP contribution in [0.25, 0.3) is 0 Å². The zero-order valence-electron chi connectivity index (χ0n) is 8.84. The Kier molecular flexibility index (Phi) is 2.97. The van der Waals surface area contributed by atoms with Gasteiger partial charge in [0.05, 0.1) is 6.61 Å². The van der Waals surface area contributed by atoms with E-state index in [9.17, 15) is 4.79 Å². The first-order chi connectivity index (χ1) is 7.72. The molecule has 0 saturated carbocycles. The SMILES string of the molecule is C[C@H](CO)NN1CNC(=O)c2cncnc21. The van der Waals surface area contributed by atoms with Gasteiger partial charge in [0.2, 0.25) is 0 Å². The zero-order valence-corrected chi connectivity index (χ0v) is 8.84. The molecule has 3 N–H and O–H groups in total. The van der Waals surface area contributed by atoms with Crippen LogP contribution in [0.4, 0.5) is 5.82 Å². The van der Waals surface area contributed by atoms with Crippen LogP contribution in [-0.2, 0) is 0 Å². The fourth-order valence-electron chi connectivity index (χ4n) is 1.43. The Morgan fingerprint density at radius 3 is 3.31 bits per heavy atom. The van der Waals surface area contributed by atoms with Crippen LogP contribution in [0, 0.1) is 0 Å². The molecule has 16 heavy (non-hydrogen) atoms. The number of nitrogens with zero attached hydrogens (tertiary/aromatic N) is 3. The van der Waals surface area contributed by atoms with E-state index in [4.69, 9.17) is 5.11 Å². The van der Waals surface area contributed by atoms with E-state index in [1.54, 1.807) is 5.01 Å². The second-order valence-corrected chi connectivity index (χ2v) is 3.56. The Labute approximate surface area is 92.5 Å². The van der Waals surface area contributed by atoms with Gasteiger partial charge in [-0.2, -0.15) is 0 Å². The number of aliphatic hydroxyl groups excluding tert-OH is 1. The third kappa shape index (κ3) is 1.95. The maximum atomic E-state index is 11.5. The number of hydrogen-bond acceptors (Lipinski definition) is 6. The van der Waals surface area contributed by atoms with E-state index in [0.29, 0.717) is 18.1 Å². The molecule has 1 aromatic rings. The first-order valence-electron chi connectivity index (χ1n) is 4.95. The molecule has 1 aliphatic rings. The number of nitrogens with one attached hydrogen (secondary N) is 2. The van der Waals surface area contributed by atoms with Crippen molar-refractivity contribution in [2.24, 2.45) is 0 Å². The summed E-state index contributed by atoms with van der Waals surface area (Å²) in [6.45, 7) is 2.15. The highest BCUT2D eigenvalue weighted by molar-refractivity contribution is 6.00. The standard InChI is InChI=1S/C9H13N5O2/c1-6(3-15)13-14-5-12-9(16)7-2-10-4-11-8(7)14/h2,4,6,13,15H,3,5H2,1H3,(H,12,16)/t6-/m1/s1. The topological polar surface area (TPSA) is 90.4 Å². The number of rotatable bonds is 3. The van der Waals surface area contributed by atoms with Gasteiger partial charge >= 0.3 is 0 Å². The molecule has 0 spiro atoms. The summed E-state index contributed by atoms with van der Waals surface area (Å²) in [5, 5.41) is 13.3. The van der Waals surface area contributed by atoms with Crippen LogP contribution in [-0.4, -0.2) is 40.3 Å². The number of aromatic nitrogens is 2. The molecule has 1 atom stereocenters. The predicted molar refractivity (Wildman–Crippen MR) is 56.5 cm³/mol. The van der Waals surface area contributed by atoms with Crippen LogP contribution in [0.15, 0.2) is 12.5 Å². The van der Waals surface area contributed by atoms with E-state index in [1.807, 2.05) is 6.92 Å². The predicted octanol–water partition coefficient (Wildman–Crippen LogP) is -1.13. The molecule has 7 heteroatoms. The van der Waals surface area contributed by atoms with Gasteiger partial charge in [0.25, 0.3) is 5.91 Å². The number of carbonyl (C=O) groups is 1. The van der Waals surface area contributed by atoms with Gasteiger partial charge in [-0.15, -0.1) is 0 Å². The molecule has 0 saturated heterocycles. The summed E-state index contributed by atoms with van der Waals surface area (Å²) in [6, 6.07) is -0.113. The van der Waals surface area contributed by atoms with Crippen molar-refractivity contribution < 1.29 is 9.90 Å². The van der Waals surface area contributed by atoms with Crippen LogP contribution in [0.5, 0.6) is 0 Å². The first-order valence-corrected chi connectivity index (χ1v) is 4.95. The van der Waals surface area contributed by atoms with Gasteiger partial charge in [-0.25, -0.2) is 15.4 Å². The minimum Gasteiger partial charge on any atom is -0.395 e. The minimum absolute atomic E-state index is 0.00482. The monoisotopic (exact) mass is 223 g/mol. The smallest absolute Gasteiger partial charge is 0.258 e. The van der Waals surface area contributed by atoms with Gasteiger partial charge < -0.3 is 10.4 Å². The van der Waals surface area contributed by atoms with Gasteiger partial charge in [0, 0.05) is 12.2 Å². The van der Waals surface area contributed by atoms with Crippen LogP contribution < -0.4 is 15.8 Å². The molecule has 0 unspecified atom stereocenters. The van der Waals surface area contributed by atoms with E-state index in [0.717, 1.165) is 0 Å². The largest absolute Gasteiger partial charge is 0.395 e. The van der Waals surface area contributed by atoms with E-state index in [2.05, 4.69) is 20.7 Å². The lowest BCUT2D eigenvalue weighted by Gasteiger charge is -2.31. The highest BCUT2D eigenvalue weighted by Crippen LogP contribution is 2.17. The summed E-state index contributed by atoms with van der Waals surface area (Å²) in [5.41, 5.74) is 3.45. The Morgan fingerprint density at radius 1 is 1.75 bits per heavy atom. The van der Waals surface area contributed by atoms with Crippen LogP contribution >= 0.6 is 0 Å². The molecule has 1 amide bonds. The third-order valence-corrected chi connectivity index (χ3v) is 2.24. The van der Waals surface area contributed by atoms with Crippen molar-refractivity contribution in [2.75, 3.05) is 18.3 Å². The Morgan fingerprint density at radius 2 is 2.56 bits per heavy atom. The van der Waals surface area contributed by atoms with Crippen LogP contribution in [0.1, 0.15) is 17.3 Å². The van der Waals surface area contributed by atoms with Gasteiger partial charge in [-0.3, -0.25) is 9.80 Å². The molecule has 2 heterocycles. The average molecular weight is 223 g/mol. The van der Waals surface area contributed by atoms with Crippen LogP contribution in [0.3, 0.4) is 0 Å². The molecular weight excluding hydrogens is 210 g/mol. The summed E-state index contributed by atoms with van der Waals surface area (Å²) in [6.07, 6.45) is 2.85. The lowest BCUT2D eigenvalue weighted by atomic mass is 10.2.